The van der Waals surface area contributed by atoms with Gasteiger partial charge in [0.15, 0.2) is 5.82 Å². The van der Waals surface area contributed by atoms with Gasteiger partial charge in [-0.2, -0.15) is 4.98 Å². The Morgan fingerprint density at radius 3 is 2.62 bits per heavy atom. The van der Waals surface area contributed by atoms with Crippen LogP contribution in [0.1, 0.15) is 40.0 Å². The molecule has 0 saturated carbocycles. The van der Waals surface area contributed by atoms with Gasteiger partial charge in [0.05, 0.1) is 19.3 Å². The molecule has 0 radical (unpaired) electrons. The molecular formula is C15H25N3O3. The molecule has 1 N–H and O–H groups in total. The number of hydrogen-bond donors (Lipinski definition) is 1. The highest BCUT2D eigenvalue weighted by Crippen LogP contribution is 2.33. The number of anilines is 1. The van der Waals surface area contributed by atoms with Crippen LogP contribution in [0, 0.1) is 0 Å². The number of aromatic nitrogens is 2. The highest BCUT2D eigenvalue weighted by Gasteiger charge is 2.27. The molecule has 6 nitrogen and oxygen atoms in total. The van der Waals surface area contributed by atoms with E-state index in [0.717, 1.165) is 25.8 Å². The number of nitrogens with zero attached hydrogens (tertiary/aromatic N) is 2. The van der Waals surface area contributed by atoms with Gasteiger partial charge >= 0.3 is 0 Å². The predicted molar refractivity (Wildman–Crippen MR) is 81.0 cm³/mol. The first-order chi connectivity index (χ1) is 10.1. The second-order valence-corrected chi connectivity index (χ2v) is 5.46. The van der Waals surface area contributed by atoms with Crippen LogP contribution >= 0.6 is 0 Å². The van der Waals surface area contributed by atoms with Gasteiger partial charge in [-0.25, -0.2) is 4.98 Å². The first-order valence-electron chi connectivity index (χ1n) is 7.59. The van der Waals surface area contributed by atoms with Crippen LogP contribution in [0.25, 0.3) is 0 Å². The molecule has 1 saturated heterocycles. The van der Waals surface area contributed by atoms with E-state index in [4.69, 9.17) is 14.2 Å². The van der Waals surface area contributed by atoms with E-state index >= 15 is 0 Å². The van der Waals surface area contributed by atoms with E-state index < -0.39 is 0 Å². The fourth-order valence-electron chi connectivity index (χ4n) is 2.59. The smallest absolute Gasteiger partial charge is 0.262 e. The van der Waals surface area contributed by atoms with E-state index in [0.29, 0.717) is 17.4 Å². The number of hydrogen-bond acceptors (Lipinski definition) is 6. The average molecular weight is 295 g/mol. The zero-order chi connectivity index (χ0) is 15.2. The molecule has 1 fully saturated rings. The summed E-state index contributed by atoms with van der Waals surface area (Å²) in [6, 6.07) is 0. The predicted octanol–water partition coefficient (Wildman–Crippen LogP) is 2.64. The zero-order valence-corrected chi connectivity index (χ0v) is 13.3. The molecule has 1 aromatic heterocycles. The van der Waals surface area contributed by atoms with Gasteiger partial charge in [-0.15, -0.1) is 0 Å². The van der Waals surface area contributed by atoms with Gasteiger partial charge in [0.2, 0.25) is 5.75 Å². The van der Waals surface area contributed by atoms with Crippen LogP contribution in [-0.2, 0) is 4.74 Å². The maximum absolute atomic E-state index is 6.04. The van der Waals surface area contributed by atoms with E-state index in [1.54, 1.807) is 7.11 Å². The van der Waals surface area contributed by atoms with E-state index in [1.165, 1.54) is 6.33 Å². The van der Waals surface area contributed by atoms with Crippen LogP contribution in [0.5, 0.6) is 11.6 Å². The fraction of sp³-hybridized carbons (Fsp3) is 0.733. The summed E-state index contributed by atoms with van der Waals surface area (Å²) in [5, 5.41) is 3.23. The molecule has 2 rings (SSSR count). The minimum absolute atomic E-state index is 0.0894. The van der Waals surface area contributed by atoms with Crippen molar-refractivity contribution in [1.29, 1.82) is 0 Å². The Hall–Kier alpha value is -1.56. The summed E-state index contributed by atoms with van der Waals surface area (Å²) in [6.07, 6.45) is 4.71. The van der Waals surface area contributed by atoms with Gasteiger partial charge < -0.3 is 19.5 Å². The van der Waals surface area contributed by atoms with Crippen molar-refractivity contribution in [3.8, 4) is 11.6 Å². The number of rotatable bonds is 6. The Labute approximate surface area is 126 Å². The highest BCUT2D eigenvalue weighted by molar-refractivity contribution is 5.55. The lowest BCUT2D eigenvalue weighted by molar-refractivity contribution is -0.0733. The van der Waals surface area contributed by atoms with Crippen LogP contribution in [-0.4, -0.2) is 41.9 Å². The van der Waals surface area contributed by atoms with Crippen LogP contribution in [0.3, 0.4) is 0 Å². The molecule has 0 bridgehead atoms. The van der Waals surface area contributed by atoms with Gasteiger partial charge in [0, 0.05) is 19.4 Å². The largest absolute Gasteiger partial charge is 0.489 e. The van der Waals surface area contributed by atoms with Crippen LogP contribution < -0.4 is 14.8 Å². The first kappa shape index (κ1) is 15.8. The molecule has 21 heavy (non-hydrogen) atoms. The van der Waals surface area contributed by atoms with Gasteiger partial charge in [0.1, 0.15) is 12.4 Å². The highest BCUT2D eigenvalue weighted by atomic mass is 16.5. The second kappa shape index (κ2) is 7.45. The molecule has 0 aliphatic carbocycles. The lowest BCUT2D eigenvalue weighted by Crippen LogP contribution is -2.36. The monoisotopic (exact) mass is 295 g/mol. The maximum atomic E-state index is 6.04. The Balaban J connectivity index is 2.11. The number of ether oxygens (including phenoxy) is 3. The van der Waals surface area contributed by atoms with Gasteiger partial charge in [-0.3, -0.25) is 0 Å². The van der Waals surface area contributed by atoms with E-state index in [2.05, 4.69) is 36.1 Å². The summed E-state index contributed by atoms with van der Waals surface area (Å²) < 4.78 is 17.2. The van der Waals surface area contributed by atoms with Crippen molar-refractivity contribution in [1.82, 2.24) is 9.97 Å². The standard InChI is InChI=1S/C15H25N3O3/c1-5-6-16-14-13(19-4)15(18-9-17-14)21-12-7-10(2)20-11(3)8-12/h9-12H,5-8H2,1-4H3,(H,16,17,18). The Kier molecular flexibility index (Phi) is 5.61. The Morgan fingerprint density at radius 1 is 1.29 bits per heavy atom. The third kappa shape index (κ3) is 4.20. The molecule has 0 amide bonds. The number of methoxy groups -OCH3 is 1. The average Bonchev–Trinajstić information content (AvgIpc) is 2.44. The van der Waals surface area contributed by atoms with Crippen LogP contribution in [0.4, 0.5) is 5.82 Å². The summed E-state index contributed by atoms with van der Waals surface area (Å²) in [6.45, 7) is 7.07. The summed E-state index contributed by atoms with van der Waals surface area (Å²) in [5.41, 5.74) is 0. The summed E-state index contributed by atoms with van der Waals surface area (Å²) >= 11 is 0. The third-order valence-electron chi connectivity index (χ3n) is 3.45. The van der Waals surface area contributed by atoms with Crippen molar-refractivity contribution in [3.05, 3.63) is 6.33 Å². The van der Waals surface area contributed by atoms with Gasteiger partial charge in [0.25, 0.3) is 5.88 Å². The Morgan fingerprint density at radius 2 is 2.00 bits per heavy atom. The fourth-order valence-corrected chi connectivity index (χ4v) is 2.59. The molecular weight excluding hydrogens is 270 g/mol. The lowest BCUT2D eigenvalue weighted by atomic mass is 10.0. The molecule has 0 aromatic carbocycles. The van der Waals surface area contributed by atoms with E-state index in [1.807, 2.05) is 0 Å². The molecule has 1 aromatic rings. The topological polar surface area (TPSA) is 65.5 Å². The van der Waals surface area contributed by atoms with Crippen molar-refractivity contribution in [2.75, 3.05) is 19.0 Å². The summed E-state index contributed by atoms with van der Waals surface area (Å²) in [7, 11) is 1.61. The molecule has 1 aliphatic heterocycles. The van der Waals surface area contributed by atoms with Crippen molar-refractivity contribution in [3.63, 3.8) is 0 Å². The number of nitrogens with one attached hydrogen (secondary N) is 1. The zero-order valence-electron chi connectivity index (χ0n) is 13.3. The maximum Gasteiger partial charge on any atom is 0.262 e. The minimum atomic E-state index is 0.0894. The molecule has 2 unspecified atom stereocenters. The molecule has 118 valence electrons. The quantitative estimate of drug-likeness (QED) is 0.870. The van der Waals surface area contributed by atoms with Gasteiger partial charge in [-0.1, -0.05) is 6.92 Å². The molecule has 2 heterocycles. The van der Waals surface area contributed by atoms with Crippen molar-refractivity contribution in [2.24, 2.45) is 0 Å². The van der Waals surface area contributed by atoms with Crippen molar-refractivity contribution >= 4 is 5.82 Å². The summed E-state index contributed by atoms with van der Waals surface area (Å²) in [4.78, 5) is 8.44. The third-order valence-corrected chi connectivity index (χ3v) is 3.45. The van der Waals surface area contributed by atoms with E-state index in [9.17, 15) is 0 Å². The second-order valence-electron chi connectivity index (χ2n) is 5.46. The SMILES string of the molecule is CCCNc1ncnc(OC2CC(C)OC(C)C2)c1OC. The lowest BCUT2D eigenvalue weighted by Gasteiger charge is -2.32. The molecule has 6 heteroatoms. The molecule has 0 spiro atoms. The molecule has 1 aliphatic rings. The van der Waals surface area contributed by atoms with Crippen molar-refractivity contribution in [2.45, 2.75) is 58.3 Å². The Bertz CT molecular complexity index is 446. The molecule has 2 atom stereocenters. The van der Waals surface area contributed by atoms with Crippen LogP contribution in [0.2, 0.25) is 0 Å². The van der Waals surface area contributed by atoms with E-state index in [-0.39, 0.29) is 18.3 Å². The van der Waals surface area contributed by atoms with Gasteiger partial charge in [-0.05, 0) is 20.3 Å². The first-order valence-corrected chi connectivity index (χ1v) is 7.59. The van der Waals surface area contributed by atoms with Crippen molar-refractivity contribution < 1.29 is 14.2 Å². The normalized spacial score (nSPS) is 25.4. The van der Waals surface area contributed by atoms with Crippen LogP contribution in [0.15, 0.2) is 6.33 Å². The minimum Gasteiger partial charge on any atom is -0.489 e. The summed E-state index contributed by atoms with van der Waals surface area (Å²) in [5.74, 6) is 1.74.